The predicted molar refractivity (Wildman–Crippen MR) is 68.4 cm³/mol. The molecule has 0 aliphatic heterocycles. The number of aryl methyl sites for hydroxylation is 2. The summed E-state index contributed by atoms with van der Waals surface area (Å²) in [5.74, 6) is 0. The van der Waals surface area contributed by atoms with E-state index in [0.29, 0.717) is 0 Å². The molecule has 1 aromatic carbocycles. The number of hydrogen-bond donors (Lipinski definition) is 1. The van der Waals surface area contributed by atoms with Crippen molar-refractivity contribution < 1.29 is 0 Å². The Morgan fingerprint density at radius 2 is 1.67 bits per heavy atom. The average Bonchev–Trinajstić information content (AvgIpc) is 2.19. The minimum Gasteiger partial charge on any atom is -0.360 e. The number of benzene rings is 1. The number of hydrogen-bond acceptors (Lipinski definition) is 1. The first-order valence-electron chi connectivity index (χ1n) is 5.63. The molecule has 0 spiro atoms. The second-order valence-electron chi connectivity index (χ2n) is 4.03. The zero-order valence-electron chi connectivity index (χ0n) is 10.3. The van der Waals surface area contributed by atoms with Crippen LogP contribution in [0.15, 0.2) is 24.4 Å². The van der Waals surface area contributed by atoms with E-state index in [1.54, 1.807) is 0 Å². The van der Waals surface area contributed by atoms with Gasteiger partial charge in [-0.2, -0.15) is 0 Å². The Morgan fingerprint density at radius 1 is 1.20 bits per heavy atom. The first kappa shape index (κ1) is 11.8. The van der Waals surface area contributed by atoms with Crippen LogP contribution in [0.25, 0.3) is 0 Å². The van der Waals surface area contributed by atoms with Crippen molar-refractivity contribution in [3.8, 4) is 0 Å². The fraction of sp³-hybridized carbons (Fsp3) is 0.429. The van der Waals surface area contributed by atoms with Crippen LogP contribution >= 0.6 is 0 Å². The molecule has 0 fully saturated rings. The Morgan fingerprint density at radius 3 is 2.00 bits per heavy atom. The van der Waals surface area contributed by atoms with Crippen LogP contribution in [0.2, 0.25) is 0 Å². The molecule has 0 radical (unpaired) electrons. The van der Waals surface area contributed by atoms with Gasteiger partial charge in [-0.05, 0) is 55.5 Å². The zero-order chi connectivity index (χ0) is 11.4. The summed E-state index contributed by atoms with van der Waals surface area (Å²) in [6.45, 7) is 12.5. The molecule has 1 N–H and O–H groups in total. The van der Waals surface area contributed by atoms with Gasteiger partial charge in [0, 0.05) is 11.4 Å². The van der Waals surface area contributed by atoms with Gasteiger partial charge in [-0.3, -0.25) is 0 Å². The Hall–Kier alpha value is -1.24. The van der Waals surface area contributed by atoms with E-state index in [0.717, 1.165) is 18.5 Å². The third kappa shape index (κ3) is 2.85. The van der Waals surface area contributed by atoms with E-state index in [-0.39, 0.29) is 0 Å². The van der Waals surface area contributed by atoms with Gasteiger partial charge in [0.2, 0.25) is 0 Å². The van der Waals surface area contributed by atoms with E-state index >= 15 is 0 Å². The van der Waals surface area contributed by atoms with Crippen molar-refractivity contribution in [3.63, 3.8) is 0 Å². The summed E-state index contributed by atoms with van der Waals surface area (Å²) in [4.78, 5) is 0. The van der Waals surface area contributed by atoms with Crippen molar-refractivity contribution in [1.82, 2.24) is 0 Å². The van der Waals surface area contributed by atoms with E-state index in [4.69, 9.17) is 0 Å². The molecule has 0 aliphatic carbocycles. The van der Waals surface area contributed by atoms with E-state index in [9.17, 15) is 0 Å². The second-order valence-corrected chi connectivity index (χ2v) is 4.03. The largest absolute Gasteiger partial charge is 0.360 e. The Labute approximate surface area is 93.2 Å². The summed E-state index contributed by atoms with van der Waals surface area (Å²) in [7, 11) is 0. The van der Waals surface area contributed by atoms with Gasteiger partial charge in [-0.1, -0.05) is 20.4 Å². The van der Waals surface area contributed by atoms with Gasteiger partial charge in [0.05, 0.1) is 0 Å². The van der Waals surface area contributed by atoms with E-state index in [1.807, 2.05) is 6.92 Å². The maximum absolute atomic E-state index is 3.87. The molecule has 1 rings (SSSR count). The van der Waals surface area contributed by atoms with Crippen LogP contribution in [0.1, 0.15) is 37.5 Å². The Bertz CT molecular complexity index is 339. The molecule has 0 bridgehead atoms. The van der Waals surface area contributed by atoms with Crippen molar-refractivity contribution in [2.75, 3.05) is 5.32 Å². The standard InChI is InChI=1S/C14H21N/c1-6-12-8-14(15-10(3)4)9-13(7-2)11(12)5/h8-9,15H,3,6-7H2,1-2,4-5H3. The average molecular weight is 203 g/mol. The predicted octanol–water partition coefficient (Wildman–Crippen LogP) is 4.07. The van der Waals surface area contributed by atoms with Crippen LogP contribution in [0.3, 0.4) is 0 Å². The summed E-state index contributed by atoms with van der Waals surface area (Å²) >= 11 is 0. The lowest BCUT2D eigenvalue weighted by atomic mass is 9.98. The summed E-state index contributed by atoms with van der Waals surface area (Å²) in [6.07, 6.45) is 2.18. The molecule has 15 heavy (non-hydrogen) atoms. The maximum Gasteiger partial charge on any atom is 0.0387 e. The lowest BCUT2D eigenvalue weighted by Crippen LogP contribution is -1.99. The first-order chi connectivity index (χ1) is 7.08. The van der Waals surface area contributed by atoms with Crippen molar-refractivity contribution in [2.24, 2.45) is 0 Å². The molecule has 0 saturated carbocycles. The molecule has 0 saturated heterocycles. The normalized spacial score (nSPS) is 10.1. The highest BCUT2D eigenvalue weighted by Gasteiger charge is 2.04. The number of nitrogens with one attached hydrogen (secondary N) is 1. The van der Waals surface area contributed by atoms with Gasteiger partial charge < -0.3 is 5.32 Å². The highest BCUT2D eigenvalue weighted by Crippen LogP contribution is 2.22. The fourth-order valence-corrected chi connectivity index (χ4v) is 1.89. The number of allylic oxidation sites excluding steroid dienone is 1. The number of anilines is 1. The van der Waals surface area contributed by atoms with Gasteiger partial charge in [0.25, 0.3) is 0 Å². The second kappa shape index (κ2) is 5.01. The topological polar surface area (TPSA) is 12.0 Å². The third-order valence-electron chi connectivity index (χ3n) is 2.74. The molecule has 0 amide bonds. The Balaban J connectivity index is 3.14. The number of rotatable bonds is 4. The van der Waals surface area contributed by atoms with Crippen molar-refractivity contribution in [3.05, 3.63) is 41.1 Å². The Kier molecular flexibility index (Phi) is 3.96. The van der Waals surface area contributed by atoms with Crippen LogP contribution in [0, 0.1) is 6.92 Å². The van der Waals surface area contributed by atoms with Gasteiger partial charge >= 0.3 is 0 Å². The van der Waals surface area contributed by atoms with Crippen molar-refractivity contribution in [2.45, 2.75) is 40.5 Å². The summed E-state index contributed by atoms with van der Waals surface area (Å²) < 4.78 is 0. The smallest absolute Gasteiger partial charge is 0.0387 e. The minimum atomic E-state index is 0.989. The summed E-state index contributed by atoms with van der Waals surface area (Å²) in [6, 6.07) is 4.45. The molecule has 1 aromatic rings. The SMILES string of the molecule is C=C(C)Nc1cc(CC)c(C)c(CC)c1. The molecule has 1 nitrogen and oxygen atoms in total. The van der Waals surface area contributed by atoms with Crippen molar-refractivity contribution >= 4 is 5.69 Å². The van der Waals surface area contributed by atoms with Crippen LogP contribution in [0.4, 0.5) is 5.69 Å². The van der Waals surface area contributed by atoms with Gasteiger partial charge in [0.15, 0.2) is 0 Å². The van der Waals surface area contributed by atoms with Gasteiger partial charge in [0.1, 0.15) is 0 Å². The van der Waals surface area contributed by atoms with Gasteiger partial charge in [-0.25, -0.2) is 0 Å². The lowest BCUT2D eigenvalue weighted by molar-refractivity contribution is 1.05. The molecule has 0 aliphatic rings. The molecule has 0 atom stereocenters. The van der Waals surface area contributed by atoms with Crippen LogP contribution < -0.4 is 5.32 Å². The molecular formula is C14H21N. The zero-order valence-corrected chi connectivity index (χ0v) is 10.3. The molecule has 0 heterocycles. The maximum atomic E-state index is 3.87. The quantitative estimate of drug-likeness (QED) is 0.778. The van der Waals surface area contributed by atoms with Gasteiger partial charge in [-0.15, -0.1) is 0 Å². The fourth-order valence-electron chi connectivity index (χ4n) is 1.89. The summed E-state index contributed by atoms with van der Waals surface area (Å²) in [5, 5.41) is 3.29. The monoisotopic (exact) mass is 203 g/mol. The molecular weight excluding hydrogens is 182 g/mol. The third-order valence-corrected chi connectivity index (χ3v) is 2.74. The van der Waals surface area contributed by atoms with E-state index in [1.165, 1.54) is 22.4 Å². The lowest BCUT2D eigenvalue weighted by Gasteiger charge is -2.13. The summed E-state index contributed by atoms with van der Waals surface area (Å²) in [5.41, 5.74) is 6.45. The van der Waals surface area contributed by atoms with E-state index < -0.39 is 0 Å². The molecule has 82 valence electrons. The highest BCUT2D eigenvalue weighted by molar-refractivity contribution is 5.55. The molecule has 0 unspecified atom stereocenters. The molecule has 1 heteroatoms. The van der Waals surface area contributed by atoms with Crippen molar-refractivity contribution in [1.29, 1.82) is 0 Å². The van der Waals surface area contributed by atoms with Crippen LogP contribution in [-0.2, 0) is 12.8 Å². The van der Waals surface area contributed by atoms with Crippen LogP contribution in [0.5, 0.6) is 0 Å². The van der Waals surface area contributed by atoms with Crippen LogP contribution in [-0.4, -0.2) is 0 Å². The first-order valence-corrected chi connectivity index (χ1v) is 5.63. The molecule has 0 aromatic heterocycles. The van der Waals surface area contributed by atoms with E-state index in [2.05, 4.69) is 44.8 Å². The highest BCUT2D eigenvalue weighted by atomic mass is 14.9. The minimum absolute atomic E-state index is 0.989.